The molecule has 1 saturated heterocycles. The normalized spacial score (nSPS) is 16.4. The van der Waals surface area contributed by atoms with Gasteiger partial charge in [-0.1, -0.05) is 11.6 Å². The van der Waals surface area contributed by atoms with Crippen LogP contribution in [-0.4, -0.2) is 41.5 Å². The zero-order valence-electron chi connectivity index (χ0n) is 15.6. The average molecular weight is 411 g/mol. The minimum absolute atomic E-state index is 0.0854. The molecule has 1 amide bonds. The van der Waals surface area contributed by atoms with E-state index in [1.807, 2.05) is 20.9 Å². The summed E-state index contributed by atoms with van der Waals surface area (Å²) in [4.78, 5) is 12.8. The van der Waals surface area contributed by atoms with Gasteiger partial charge in [-0.05, 0) is 51.0 Å². The molecule has 2 heterocycles. The van der Waals surface area contributed by atoms with E-state index in [9.17, 15) is 13.2 Å². The number of piperidine rings is 1. The number of aromatic nitrogens is 2. The molecule has 0 bridgehead atoms. The molecule has 146 valence electrons. The molecule has 27 heavy (non-hydrogen) atoms. The lowest BCUT2D eigenvalue weighted by Crippen LogP contribution is -2.41. The van der Waals surface area contributed by atoms with Gasteiger partial charge in [0.2, 0.25) is 15.9 Å². The van der Waals surface area contributed by atoms with E-state index in [0.29, 0.717) is 31.0 Å². The fraction of sp³-hybridized carbons (Fsp3) is 0.444. The second kappa shape index (κ2) is 7.61. The van der Waals surface area contributed by atoms with Crippen LogP contribution in [0.1, 0.15) is 24.2 Å². The highest BCUT2D eigenvalue weighted by molar-refractivity contribution is 7.89. The molecule has 0 atom stereocenters. The number of aryl methyl sites for hydroxylation is 2. The number of carbonyl (C=O) groups is 1. The molecule has 1 aliphatic heterocycles. The van der Waals surface area contributed by atoms with Crippen molar-refractivity contribution in [3.8, 4) is 0 Å². The Kier molecular flexibility index (Phi) is 5.60. The van der Waals surface area contributed by atoms with Gasteiger partial charge in [-0.15, -0.1) is 0 Å². The van der Waals surface area contributed by atoms with Crippen LogP contribution < -0.4 is 5.32 Å². The molecule has 1 fully saturated rings. The maximum absolute atomic E-state index is 12.7. The Morgan fingerprint density at radius 2 is 1.78 bits per heavy atom. The van der Waals surface area contributed by atoms with Crippen molar-refractivity contribution in [3.05, 3.63) is 40.7 Å². The first-order valence-corrected chi connectivity index (χ1v) is 10.6. The van der Waals surface area contributed by atoms with Crippen molar-refractivity contribution in [3.63, 3.8) is 0 Å². The Hall–Kier alpha value is -1.90. The summed E-state index contributed by atoms with van der Waals surface area (Å²) < 4.78 is 28.6. The van der Waals surface area contributed by atoms with Crippen LogP contribution in [0.3, 0.4) is 0 Å². The fourth-order valence-corrected chi connectivity index (χ4v) is 4.89. The molecule has 9 heteroatoms. The summed E-state index contributed by atoms with van der Waals surface area (Å²) in [6, 6.07) is 6.13. The summed E-state index contributed by atoms with van der Waals surface area (Å²) in [6.45, 7) is 4.38. The van der Waals surface area contributed by atoms with E-state index in [0.717, 1.165) is 17.1 Å². The fourth-order valence-electron chi connectivity index (χ4n) is 3.29. The topological polar surface area (TPSA) is 84.3 Å². The second-order valence-electron chi connectivity index (χ2n) is 6.79. The third-order valence-electron chi connectivity index (χ3n) is 5.03. The molecule has 1 aromatic heterocycles. The Balaban J connectivity index is 1.64. The van der Waals surface area contributed by atoms with E-state index >= 15 is 0 Å². The predicted octanol–water partition coefficient (Wildman–Crippen LogP) is 2.73. The molecule has 0 spiro atoms. The largest absolute Gasteiger partial charge is 0.323 e. The van der Waals surface area contributed by atoms with Crippen molar-refractivity contribution in [1.82, 2.24) is 14.1 Å². The maximum atomic E-state index is 12.7. The van der Waals surface area contributed by atoms with Gasteiger partial charge < -0.3 is 5.32 Å². The Morgan fingerprint density at radius 3 is 2.30 bits per heavy atom. The van der Waals surface area contributed by atoms with Gasteiger partial charge in [-0.3, -0.25) is 9.48 Å². The van der Waals surface area contributed by atoms with Gasteiger partial charge in [0, 0.05) is 31.1 Å². The number of hydrogen-bond donors (Lipinski definition) is 1. The molecule has 0 aliphatic carbocycles. The molecule has 0 saturated carbocycles. The third-order valence-corrected chi connectivity index (χ3v) is 7.20. The number of benzene rings is 1. The standard InChI is InChI=1S/C18H23ClN4O3S/c1-12-17(13(2)22(3)21-12)20-18(24)14-8-10-23(11-9-14)27(25,26)16-6-4-15(19)5-7-16/h4-7,14H,8-11H2,1-3H3,(H,20,24). The number of anilines is 1. The summed E-state index contributed by atoms with van der Waals surface area (Å²) in [5.74, 6) is -0.307. The van der Waals surface area contributed by atoms with E-state index in [1.54, 1.807) is 16.8 Å². The molecule has 0 radical (unpaired) electrons. The summed E-state index contributed by atoms with van der Waals surface area (Å²) >= 11 is 5.83. The van der Waals surface area contributed by atoms with Crippen LogP contribution in [0, 0.1) is 19.8 Å². The Morgan fingerprint density at radius 1 is 1.19 bits per heavy atom. The number of amides is 1. The minimum Gasteiger partial charge on any atom is -0.323 e. The van der Waals surface area contributed by atoms with Crippen molar-refractivity contribution in [2.75, 3.05) is 18.4 Å². The lowest BCUT2D eigenvalue weighted by atomic mass is 9.97. The van der Waals surface area contributed by atoms with Crippen LogP contribution in [0.5, 0.6) is 0 Å². The van der Waals surface area contributed by atoms with Gasteiger partial charge in [0.25, 0.3) is 0 Å². The Labute approximate surface area is 164 Å². The summed E-state index contributed by atoms with van der Waals surface area (Å²) in [6.07, 6.45) is 0.966. The van der Waals surface area contributed by atoms with Crippen LogP contribution in [0.15, 0.2) is 29.2 Å². The zero-order valence-corrected chi connectivity index (χ0v) is 17.1. The van der Waals surface area contributed by atoms with Crippen molar-refractivity contribution in [1.29, 1.82) is 0 Å². The van der Waals surface area contributed by atoms with Crippen molar-refractivity contribution < 1.29 is 13.2 Å². The zero-order chi connectivity index (χ0) is 19.8. The van der Waals surface area contributed by atoms with Crippen LogP contribution in [0.4, 0.5) is 5.69 Å². The summed E-state index contributed by atoms with van der Waals surface area (Å²) in [7, 11) is -1.74. The highest BCUT2D eigenvalue weighted by atomic mass is 35.5. The summed E-state index contributed by atoms with van der Waals surface area (Å²) in [5.41, 5.74) is 2.40. The van der Waals surface area contributed by atoms with Crippen LogP contribution in [0.25, 0.3) is 0 Å². The number of halogens is 1. The highest BCUT2D eigenvalue weighted by Gasteiger charge is 2.32. The van der Waals surface area contributed by atoms with Crippen molar-refractivity contribution in [2.45, 2.75) is 31.6 Å². The van der Waals surface area contributed by atoms with Gasteiger partial charge in [-0.2, -0.15) is 9.40 Å². The van der Waals surface area contributed by atoms with Gasteiger partial charge in [0.15, 0.2) is 0 Å². The van der Waals surface area contributed by atoms with Gasteiger partial charge >= 0.3 is 0 Å². The van der Waals surface area contributed by atoms with Crippen molar-refractivity contribution >= 4 is 33.2 Å². The lowest BCUT2D eigenvalue weighted by molar-refractivity contribution is -0.120. The predicted molar refractivity (Wildman–Crippen MR) is 104 cm³/mol. The quantitative estimate of drug-likeness (QED) is 0.839. The number of nitrogens with one attached hydrogen (secondary N) is 1. The van der Waals surface area contributed by atoms with E-state index in [-0.39, 0.29) is 16.7 Å². The van der Waals surface area contributed by atoms with E-state index < -0.39 is 10.0 Å². The molecule has 3 rings (SSSR count). The van der Waals surface area contributed by atoms with Gasteiger partial charge in [-0.25, -0.2) is 8.42 Å². The second-order valence-corrected chi connectivity index (χ2v) is 9.17. The minimum atomic E-state index is -3.57. The van der Waals surface area contributed by atoms with E-state index in [1.165, 1.54) is 16.4 Å². The summed E-state index contributed by atoms with van der Waals surface area (Å²) in [5, 5.41) is 7.74. The number of carbonyl (C=O) groups excluding carboxylic acids is 1. The third kappa shape index (κ3) is 4.02. The average Bonchev–Trinajstić information content (AvgIpc) is 2.88. The first kappa shape index (κ1) is 19.9. The lowest BCUT2D eigenvalue weighted by Gasteiger charge is -2.30. The Bertz CT molecular complexity index is 946. The van der Waals surface area contributed by atoms with Crippen molar-refractivity contribution in [2.24, 2.45) is 13.0 Å². The van der Waals surface area contributed by atoms with Crippen LogP contribution in [0.2, 0.25) is 5.02 Å². The van der Waals surface area contributed by atoms with E-state index in [4.69, 9.17) is 11.6 Å². The number of rotatable bonds is 4. The molecular weight excluding hydrogens is 388 g/mol. The monoisotopic (exact) mass is 410 g/mol. The van der Waals surface area contributed by atoms with E-state index in [2.05, 4.69) is 10.4 Å². The molecule has 1 aromatic carbocycles. The molecule has 1 aliphatic rings. The first-order chi connectivity index (χ1) is 12.7. The molecule has 1 N–H and O–H groups in total. The smallest absolute Gasteiger partial charge is 0.243 e. The molecule has 7 nitrogen and oxygen atoms in total. The van der Waals surface area contributed by atoms with Crippen LogP contribution >= 0.6 is 11.6 Å². The number of sulfonamides is 1. The number of nitrogens with zero attached hydrogens (tertiary/aromatic N) is 3. The van der Waals surface area contributed by atoms with Gasteiger partial charge in [0.1, 0.15) is 0 Å². The molecular formula is C18H23ClN4O3S. The highest BCUT2D eigenvalue weighted by Crippen LogP contribution is 2.26. The first-order valence-electron chi connectivity index (χ1n) is 8.77. The van der Waals surface area contributed by atoms with Crippen LogP contribution in [-0.2, 0) is 21.9 Å². The number of hydrogen-bond acceptors (Lipinski definition) is 4. The molecule has 2 aromatic rings. The SMILES string of the molecule is Cc1nn(C)c(C)c1NC(=O)C1CCN(S(=O)(=O)c2ccc(Cl)cc2)CC1. The maximum Gasteiger partial charge on any atom is 0.243 e. The molecule has 0 unspecified atom stereocenters. The van der Waals surface area contributed by atoms with Gasteiger partial charge in [0.05, 0.1) is 22.0 Å².